The van der Waals surface area contributed by atoms with Crippen LogP contribution in [0.1, 0.15) is 12.5 Å². The molecule has 0 saturated carbocycles. The quantitative estimate of drug-likeness (QED) is 0.245. The van der Waals surface area contributed by atoms with Gasteiger partial charge in [-0.15, -0.1) is 0 Å². The molecule has 0 aliphatic carbocycles. The lowest BCUT2D eigenvalue weighted by atomic mass is 10.1. The summed E-state index contributed by atoms with van der Waals surface area (Å²) in [6.45, 7) is 1.54. The molecule has 0 aromatic heterocycles. The summed E-state index contributed by atoms with van der Waals surface area (Å²) in [7, 11) is 1.61. The summed E-state index contributed by atoms with van der Waals surface area (Å²) < 4.78 is 21.9. The Hall–Kier alpha value is -4.27. The molecule has 1 heterocycles. The Labute approximate surface area is 190 Å². The molecule has 170 valence electrons. The van der Waals surface area contributed by atoms with Gasteiger partial charge in [0.2, 0.25) is 0 Å². The zero-order valence-corrected chi connectivity index (χ0v) is 18.2. The second-order valence-corrected chi connectivity index (χ2v) is 7.46. The average Bonchev–Trinajstić information content (AvgIpc) is 3.17. The topological polar surface area (TPSA) is 124 Å². The van der Waals surface area contributed by atoms with E-state index in [1.165, 1.54) is 11.8 Å². The maximum atomic E-state index is 12.6. The third kappa shape index (κ3) is 4.67. The van der Waals surface area contributed by atoms with E-state index in [-0.39, 0.29) is 30.3 Å². The van der Waals surface area contributed by atoms with Crippen molar-refractivity contribution in [3.63, 3.8) is 0 Å². The number of nitrogens with one attached hydrogen (secondary N) is 1. The Morgan fingerprint density at radius 2 is 1.88 bits per heavy atom. The number of hydrogen-bond acceptors (Lipinski definition) is 7. The van der Waals surface area contributed by atoms with Crippen LogP contribution in [0.4, 0.5) is 10.5 Å². The molecule has 3 aromatic carbocycles. The molecule has 1 aliphatic rings. The van der Waals surface area contributed by atoms with Crippen LogP contribution in [-0.2, 0) is 9.53 Å². The summed E-state index contributed by atoms with van der Waals surface area (Å²) >= 11 is 0. The van der Waals surface area contributed by atoms with E-state index in [2.05, 4.69) is 0 Å². The van der Waals surface area contributed by atoms with E-state index < -0.39 is 18.2 Å². The Kier molecular flexibility index (Phi) is 6.03. The van der Waals surface area contributed by atoms with Gasteiger partial charge >= 0.3 is 12.1 Å². The summed E-state index contributed by atoms with van der Waals surface area (Å²) in [6.07, 6.45) is -1.16. The van der Waals surface area contributed by atoms with Gasteiger partial charge in [0.1, 0.15) is 23.9 Å². The minimum atomic E-state index is -0.610. The fourth-order valence-electron chi connectivity index (χ4n) is 3.61. The number of nitrogens with zero attached hydrogens (tertiary/aromatic N) is 1. The van der Waals surface area contributed by atoms with Gasteiger partial charge in [-0.05, 0) is 47.2 Å². The number of rotatable bonds is 7. The molecule has 3 N–H and O–H groups in total. The lowest BCUT2D eigenvalue weighted by Crippen LogP contribution is -2.28. The summed E-state index contributed by atoms with van der Waals surface area (Å²) in [5.41, 5.74) is 6.12. The predicted molar refractivity (Wildman–Crippen MR) is 122 cm³/mol. The monoisotopic (exact) mass is 449 g/mol. The lowest BCUT2D eigenvalue weighted by Gasteiger charge is -2.19. The second-order valence-electron chi connectivity index (χ2n) is 7.46. The maximum absolute atomic E-state index is 12.6. The van der Waals surface area contributed by atoms with Crippen molar-refractivity contribution in [3.05, 3.63) is 60.2 Å². The van der Waals surface area contributed by atoms with E-state index >= 15 is 0 Å². The molecule has 0 bridgehead atoms. The zero-order valence-electron chi connectivity index (χ0n) is 18.2. The first kappa shape index (κ1) is 21.9. The standard InChI is InChI=1S/C24H23N3O6/c1-14(28)32-22-20(23(25)26)4-3-5-21(22)27-12-19(33-24(27)29)13-31-18-9-7-15-6-8-17(30-2)10-16(15)11-18/h3-11,19H,12-13H2,1-2H3,(H3,25,26). The molecule has 9 nitrogen and oxygen atoms in total. The molecule has 1 aliphatic heterocycles. The largest absolute Gasteiger partial charge is 0.497 e. The maximum Gasteiger partial charge on any atom is 0.415 e. The van der Waals surface area contributed by atoms with Crippen LogP contribution in [0.3, 0.4) is 0 Å². The normalized spacial score (nSPS) is 15.3. The van der Waals surface area contributed by atoms with Crippen molar-refractivity contribution in [2.24, 2.45) is 5.73 Å². The van der Waals surface area contributed by atoms with E-state index in [4.69, 9.17) is 30.1 Å². The Balaban J connectivity index is 1.50. The van der Waals surface area contributed by atoms with Crippen molar-refractivity contribution in [2.45, 2.75) is 13.0 Å². The van der Waals surface area contributed by atoms with Gasteiger partial charge in [0.25, 0.3) is 0 Å². The number of methoxy groups -OCH3 is 1. The molecule has 3 aromatic rings. The van der Waals surface area contributed by atoms with E-state index in [1.54, 1.807) is 25.3 Å². The summed E-state index contributed by atoms with van der Waals surface area (Å²) in [4.78, 5) is 25.5. The van der Waals surface area contributed by atoms with Gasteiger partial charge in [-0.1, -0.05) is 18.2 Å². The number of fused-ring (bicyclic) bond motifs is 1. The van der Waals surface area contributed by atoms with Gasteiger partial charge in [0.15, 0.2) is 11.9 Å². The number of nitrogens with two attached hydrogens (primary N) is 1. The van der Waals surface area contributed by atoms with Crippen molar-refractivity contribution in [3.8, 4) is 17.2 Å². The molecule has 1 unspecified atom stereocenters. The van der Waals surface area contributed by atoms with E-state index in [9.17, 15) is 9.59 Å². The van der Waals surface area contributed by atoms with Gasteiger partial charge in [-0.2, -0.15) is 0 Å². The van der Waals surface area contributed by atoms with Crippen LogP contribution < -0.4 is 24.8 Å². The summed E-state index contributed by atoms with van der Waals surface area (Å²) in [5.74, 6) is 0.541. The Morgan fingerprint density at radius 3 is 2.58 bits per heavy atom. The first-order valence-corrected chi connectivity index (χ1v) is 10.2. The van der Waals surface area contributed by atoms with Crippen molar-refractivity contribution in [1.82, 2.24) is 0 Å². The predicted octanol–water partition coefficient (Wildman–Crippen LogP) is 3.46. The number of amides is 1. The Morgan fingerprint density at radius 1 is 1.15 bits per heavy atom. The smallest absolute Gasteiger partial charge is 0.415 e. The van der Waals surface area contributed by atoms with Crippen molar-refractivity contribution in [2.75, 3.05) is 25.2 Å². The number of anilines is 1. The van der Waals surface area contributed by atoms with E-state index in [0.29, 0.717) is 11.4 Å². The van der Waals surface area contributed by atoms with Crippen LogP contribution in [0, 0.1) is 5.41 Å². The number of hydrogen-bond donors (Lipinski definition) is 2. The fraction of sp³-hybridized carbons (Fsp3) is 0.208. The van der Waals surface area contributed by atoms with Gasteiger partial charge in [0.05, 0.1) is 24.9 Å². The number of amidine groups is 1. The third-order valence-corrected chi connectivity index (χ3v) is 5.15. The highest BCUT2D eigenvalue weighted by atomic mass is 16.6. The van der Waals surface area contributed by atoms with Crippen LogP contribution >= 0.6 is 0 Å². The second kappa shape index (κ2) is 9.07. The van der Waals surface area contributed by atoms with Crippen LogP contribution in [0.5, 0.6) is 17.2 Å². The summed E-state index contributed by atoms with van der Waals surface area (Å²) in [6, 6.07) is 16.2. The molecule has 1 atom stereocenters. The molecule has 1 fully saturated rings. The third-order valence-electron chi connectivity index (χ3n) is 5.15. The number of nitrogen functional groups attached to an aromatic ring is 1. The fourth-order valence-corrected chi connectivity index (χ4v) is 3.61. The highest BCUT2D eigenvalue weighted by molar-refractivity contribution is 6.02. The number of carbonyl (C=O) groups is 2. The lowest BCUT2D eigenvalue weighted by molar-refractivity contribution is -0.131. The number of cyclic esters (lactones) is 1. The summed E-state index contributed by atoms with van der Waals surface area (Å²) in [5, 5.41) is 9.75. The molecular weight excluding hydrogens is 426 g/mol. The molecule has 4 rings (SSSR count). The van der Waals surface area contributed by atoms with Crippen LogP contribution in [-0.4, -0.2) is 44.3 Å². The zero-order chi connectivity index (χ0) is 23.5. The molecule has 0 radical (unpaired) electrons. The molecule has 9 heteroatoms. The van der Waals surface area contributed by atoms with Crippen LogP contribution in [0.2, 0.25) is 0 Å². The van der Waals surface area contributed by atoms with Crippen LogP contribution in [0.25, 0.3) is 10.8 Å². The average molecular weight is 449 g/mol. The van der Waals surface area contributed by atoms with E-state index in [1.807, 2.05) is 36.4 Å². The SMILES string of the molecule is COc1ccc2ccc(OCC3CN(c4cccc(C(=N)N)c4OC(C)=O)C(=O)O3)cc2c1. The molecule has 0 spiro atoms. The van der Waals surface area contributed by atoms with Gasteiger partial charge in [-0.3, -0.25) is 15.1 Å². The first-order valence-electron chi connectivity index (χ1n) is 10.2. The minimum Gasteiger partial charge on any atom is -0.497 e. The number of ether oxygens (including phenoxy) is 4. The van der Waals surface area contributed by atoms with E-state index in [0.717, 1.165) is 16.5 Å². The number of esters is 1. The number of carbonyl (C=O) groups excluding carboxylic acids is 2. The Bertz CT molecular complexity index is 1240. The molecule has 1 amide bonds. The molecule has 1 saturated heterocycles. The number of benzene rings is 3. The van der Waals surface area contributed by atoms with Gasteiger partial charge < -0.3 is 24.7 Å². The van der Waals surface area contributed by atoms with Crippen molar-refractivity contribution >= 4 is 34.4 Å². The first-order chi connectivity index (χ1) is 15.9. The van der Waals surface area contributed by atoms with Gasteiger partial charge in [0, 0.05) is 6.92 Å². The molecular formula is C24H23N3O6. The molecule has 33 heavy (non-hydrogen) atoms. The van der Waals surface area contributed by atoms with Crippen molar-refractivity contribution in [1.29, 1.82) is 5.41 Å². The van der Waals surface area contributed by atoms with Gasteiger partial charge in [-0.25, -0.2) is 4.79 Å². The minimum absolute atomic E-state index is 0.0412. The highest BCUT2D eigenvalue weighted by Crippen LogP contribution is 2.35. The van der Waals surface area contributed by atoms with Crippen molar-refractivity contribution < 1.29 is 28.5 Å². The highest BCUT2D eigenvalue weighted by Gasteiger charge is 2.35. The van der Waals surface area contributed by atoms with Crippen LogP contribution in [0.15, 0.2) is 54.6 Å². The number of para-hydroxylation sites is 1.